The van der Waals surface area contributed by atoms with Gasteiger partial charge in [0.1, 0.15) is 5.75 Å². The lowest BCUT2D eigenvalue weighted by atomic mass is 10.1. The molecule has 0 aliphatic heterocycles. The zero-order valence-electron chi connectivity index (χ0n) is 11.4. The van der Waals surface area contributed by atoms with E-state index in [4.69, 9.17) is 4.74 Å². The van der Waals surface area contributed by atoms with Gasteiger partial charge in [0.15, 0.2) is 0 Å². The van der Waals surface area contributed by atoms with E-state index >= 15 is 0 Å². The molecule has 2 rings (SSSR count). The van der Waals surface area contributed by atoms with E-state index in [1.807, 2.05) is 37.3 Å². The van der Waals surface area contributed by atoms with Gasteiger partial charge < -0.3 is 10.1 Å². The molecule has 0 spiro atoms. The molecule has 2 aromatic rings. The Morgan fingerprint density at radius 2 is 1.95 bits per heavy atom. The summed E-state index contributed by atoms with van der Waals surface area (Å²) in [5.41, 5.74) is 1.87. The summed E-state index contributed by atoms with van der Waals surface area (Å²) >= 11 is 0. The summed E-state index contributed by atoms with van der Waals surface area (Å²) in [6, 6.07) is 14.2. The van der Waals surface area contributed by atoms with E-state index in [0.29, 0.717) is 0 Å². The second kappa shape index (κ2) is 6.06. The van der Waals surface area contributed by atoms with Crippen molar-refractivity contribution in [1.82, 2.24) is 0 Å². The minimum Gasteiger partial charge on any atom is -0.497 e. The summed E-state index contributed by atoms with van der Waals surface area (Å²) in [5, 5.41) is 14.1. The number of rotatable bonds is 5. The monoisotopic (exact) mass is 272 g/mol. The number of benzene rings is 2. The molecule has 0 saturated heterocycles. The van der Waals surface area contributed by atoms with Crippen molar-refractivity contribution in [3.63, 3.8) is 0 Å². The average molecular weight is 272 g/mol. The minimum absolute atomic E-state index is 0.0398. The van der Waals surface area contributed by atoms with Crippen LogP contribution in [0.2, 0.25) is 0 Å². The van der Waals surface area contributed by atoms with Crippen LogP contribution in [0.15, 0.2) is 48.5 Å². The largest absolute Gasteiger partial charge is 0.497 e. The quantitative estimate of drug-likeness (QED) is 0.664. The molecule has 1 N–H and O–H groups in total. The van der Waals surface area contributed by atoms with Crippen molar-refractivity contribution in [3.05, 3.63) is 64.2 Å². The van der Waals surface area contributed by atoms with Crippen molar-refractivity contribution in [3.8, 4) is 5.75 Å². The summed E-state index contributed by atoms with van der Waals surface area (Å²) in [4.78, 5) is 10.4. The van der Waals surface area contributed by atoms with Crippen LogP contribution in [-0.2, 0) is 0 Å². The van der Waals surface area contributed by atoms with Crippen LogP contribution < -0.4 is 10.1 Å². The molecule has 104 valence electrons. The third kappa shape index (κ3) is 3.26. The molecular weight excluding hydrogens is 256 g/mol. The Morgan fingerprint density at radius 1 is 1.20 bits per heavy atom. The standard InChI is InChI=1S/C15H16N2O3/c1-11(12-5-3-7-14(9-12)17(18)19)16-13-6-4-8-15(10-13)20-2/h3-11,16H,1-2H3. The zero-order chi connectivity index (χ0) is 14.5. The van der Waals surface area contributed by atoms with Crippen molar-refractivity contribution >= 4 is 11.4 Å². The Hall–Kier alpha value is -2.56. The highest BCUT2D eigenvalue weighted by Crippen LogP contribution is 2.24. The molecule has 0 aliphatic carbocycles. The van der Waals surface area contributed by atoms with Crippen LogP contribution in [0.25, 0.3) is 0 Å². The normalized spacial score (nSPS) is 11.7. The SMILES string of the molecule is COc1cccc(NC(C)c2cccc([N+](=O)[O-])c2)c1. The summed E-state index contributed by atoms with van der Waals surface area (Å²) in [5.74, 6) is 0.765. The van der Waals surface area contributed by atoms with E-state index in [2.05, 4.69) is 5.32 Å². The fraction of sp³-hybridized carbons (Fsp3) is 0.200. The summed E-state index contributed by atoms with van der Waals surface area (Å²) < 4.78 is 5.16. The molecule has 2 aromatic carbocycles. The number of hydrogen-bond donors (Lipinski definition) is 1. The van der Waals surface area contributed by atoms with Crippen LogP contribution in [0.3, 0.4) is 0 Å². The first-order chi connectivity index (χ1) is 9.60. The Bertz CT molecular complexity index is 614. The Morgan fingerprint density at radius 3 is 2.65 bits per heavy atom. The third-order valence-electron chi connectivity index (χ3n) is 3.03. The smallest absolute Gasteiger partial charge is 0.269 e. The first-order valence-corrected chi connectivity index (χ1v) is 6.25. The molecule has 0 radical (unpaired) electrons. The van der Waals surface area contributed by atoms with Gasteiger partial charge in [-0.2, -0.15) is 0 Å². The molecule has 5 heteroatoms. The fourth-order valence-corrected chi connectivity index (χ4v) is 1.95. The molecule has 0 saturated carbocycles. The van der Waals surface area contributed by atoms with Crippen molar-refractivity contribution < 1.29 is 9.66 Å². The van der Waals surface area contributed by atoms with Crippen LogP contribution >= 0.6 is 0 Å². The van der Waals surface area contributed by atoms with Gasteiger partial charge in [-0.3, -0.25) is 10.1 Å². The molecule has 20 heavy (non-hydrogen) atoms. The Labute approximate surface area is 117 Å². The van der Waals surface area contributed by atoms with E-state index in [1.165, 1.54) is 6.07 Å². The highest BCUT2D eigenvalue weighted by atomic mass is 16.6. The van der Waals surface area contributed by atoms with Gasteiger partial charge in [0.2, 0.25) is 0 Å². The predicted molar refractivity (Wildman–Crippen MR) is 78.1 cm³/mol. The van der Waals surface area contributed by atoms with Gasteiger partial charge in [0.25, 0.3) is 5.69 Å². The lowest BCUT2D eigenvalue weighted by molar-refractivity contribution is -0.384. The van der Waals surface area contributed by atoms with Crippen LogP contribution in [0.1, 0.15) is 18.5 Å². The van der Waals surface area contributed by atoms with Crippen molar-refractivity contribution in [2.45, 2.75) is 13.0 Å². The van der Waals surface area contributed by atoms with E-state index in [0.717, 1.165) is 17.0 Å². The number of nitro groups is 1. The van der Waals surface area contributed by atoms with Crippen LogP contribution in [-0.4, -0.2) is 12.0 Å². The van der Waals surface area contributed by atoms with Gasteiger partial charge in [-0.25, -0.2) is 0 Å². The number of non-ortho nitro benzene ring substituents is 1. The van der Waals surface area contributed by atoms with Crippen molar-refractivity contribution in [2.24, 2.45) is 0 Å². The molecule has 0 aromatic heterocycles. The highest BCUT2D eigenvalue weighted by Gasteiger charge is 2.11. The molecule has 0 bridgehead atoms. The average Bonchev–Trinajstić information content (AvgIpc) is 2.47. The van der Waals surface area contributed by atoms with E-state index in [-0.39, 0.29) is 16.7 Å². The topological polar surface area (TPSA) is 64.4 Å². The van der Waals surface area contributed by atoms with Gasteiger partial charge in [-0.1, -0.05) is 18.2 Å². The fourth-order valence-electron chi connectivity index (χ4n) is 1.95. The summed E-state index contributed by atoms with van der Waals surface area (Å²) in [6.45, 7) is 1.96. The number of nitro benzene ring substituents is 1. The third-order valence-corrected chi connectivity index (χ3v) is 3.03. The molecule has 5 nitrogen and oxygen atoms in total. The molecule has 1 atom stereocenters. The maximum atomic E-state index is 10.8. The van der Waals surface area contributed by atoms with Crippen molar-refractivity contribution in [2.75, 3.05) is 12.4 Å². The Kier molecular flexibility index (Phi) is 4.20. The number of nitrogens with zero attached hydrogens (tertiary/aromatic N) is 1. The van der Waals surface area contributed by atoms with Gasteiger partial charge in [0, 0.05) is 29.9 Å². The summed E-state index contributed by atoms with van der Waals surface area (Å²) in [7, 11) is 1.61. The van der Waals surface area contributed by atoms with Crippen LogP contribution in [0.5, 0.6) is 5.75 Å². The first kappa shape index (κ1) is 13.9. The number of hydrogen-bond acceptors (Lipinski definition) is 4. The number of nitrogens with one attached hydrogen (secondary N) is 1. The van der Waals surface area contributed by atoms with Crippen molar-refractivity contribution in [1.29, 1.82) is 0 Å². The number of methoxy groups -OCH3 is 1. The minimum atomic E-state index is -0.387. The number of ether oxygens (including phenoxy) is 1. The predicted octanol–water partition coefficient (Wildman–Crippen LogP) is 3.78. The molecular formula is C15H16N2O3. The van der Waals surface area contributed by atoms with Crippen LogP contribution in [0, 0.1) is 10.1 Å². The van der Waals surface area contributed by atoms with Gasteiger partial charge in [-0.15, -0.1) is 0 Å². The van der Waals surface area contributed by atoms with Gasteiger partial charge in [-0.05, 0) is 24.6 Å². The van der Waals surface area contributed by atoms with E-state index in [1.54, 1.807) is 19.2 Å². The second-order valence-electron chi connectivity index (χ2n) is 4.45. The lowest BCUT2D eigenvalue weighted by Gasteiger charge is -2.16. The van der Waals surface area contributed by atoms with E-state index in [9.17, 15) is 10.1 Å². The van der Waals surface area contributed by atoms with Gasteiger partial charge in [0.05, 0.1) is 12.0 Å². The van der Waals surface area contributed by atoms with Gasteiger partial charge >= 0.3 is 0 Å². The van der Waals surface area contributed by atoms with E-state index < -0.39 is 0 Å². The number of anilines is 1. The Balaban J connectivity index is 2.16. The van der Waals surface area contributed by atoms with Crippen LogP contribution in [0.4, 0.5) is 11.4 Å². The maximum absolute atomic E-state index is 10.8. The zero-order valence-corrected chi connectivity index (χ0v) is 11.4. The molecule has 0 aliphatic rings. The molecule has 0 fully saturated rings. The maximum Gasteiger partial charge on any atom is 0.269 e. The summed E-state index contributed by atoms with van der Waals surface area (Å²) in [6.07, 6.45) is 0. The second-order valence-corrected chi connectivity index (χ2v) is 4.45. The molecule has 1 unspecified atom stereocenters. The first-order valence-electron chi connectivity index (χ1n) is 6.25. The lowest BCUT2D eigenvalue weighted by Crippen LogP contribution is -2.07. The molecule has 0 amide bonds. The molecule has 0 heterocycles. The highest BCUT2D eigenvalue weighted by molar-refractivity contribution is 5.50.